The Kier molecular flexibility index (Phi) is 17.5. The van der Waals surface area contributed by atoms with Crippen LogP contribution in [0.3, 0.4) is 0 Å². The van der Waals surface area contributed by atoms with Crippen LogP contribution in [0.15, 0.2) is 146 Å². The third kappa shape index (κ3) is 12.1. The molecular weight excluding hydrogens is 899 g/mol. The molecule has 378 valence electrons. The van der Waals surface area contributed by atoms with Crippen molar-refractivity contribution in [2.45, 2.75) is 108 Å². The Morgan fingerprint density at radius 2 is 0.904 bits per heavy atom. The van der Waals surface area contributed by atoms with Gasteiger partial charge in [0.1, 0.15) is 13.2 Å². The highest BCUT2D eigenvalue weighted by Gasteiger charge is 2.25. The van der Waals surface area contributed by atoms with Gasteiger partial charge in [0.15, 0.2) is 0 Å². The molecule has 7 heteroatoms. The largest absolute Gasteiger partial charge is 0.460 e. The molecule has 0 amide bonds. The first-order valence-corrected chi connectivity index (χ1v) is 26.1. The lowest BCUT2D eigenvalue weighted by atomic mass is 9.82. The van der Waals surface area contributed by atoms with E-state index in [2.05, 4.69) is 212 Å². The van der Waals surface area contributed by atoms with Crippen molar-refractivity contribution in [3.05, 3.63) is 212 Å². The number of rotatable bonds is 21. The van der Waals surface area contributed by atoms with Crippen LogP contribution in [0.2, 0.25) is 0 Å². The highest BCUT2D eigenvalue weighted by atomic mass is 16.5. The van der Waals surface area contributed by atoms with Gasteiger partial charge >= 0.3 is 11.9 Å². The Morgan fingerprint density at radius 1 is 0.521 bits per heavy atom. The molecule has 0 radical (unpaired) electrons. The number of ether oxygens (including phenoxy) is 2. The molecule has 0 aliphatic rings. The molecule has 0 saturated heterocycles. The molecule has 7 aromatic rings. The monoisotopic (exact) mass is 974 g/mol. The fraction of sp³-hybridized carbons (Fsp3) is 0.303. The summed E-state index contributed by atoms with van der Waals surface area (Å²) < 4.78 is 11.5. The summed E-state index contributed by atoms with van der Waals surface area (Å²) in [6, 6.07) is 44.8. The Morgan fingerprint density at radius 3 is 1.29 bits per heavy atom. The van der Waals surface area contributed by atoms with E-state index >= 15 is 0 Å². The molecule has 0 spiro atoms. The van der Waals surface area contributed by atoms with Crippen molar-refractivity contribution in [1.82, 2.24) is 0 Å². The van der Waals surface area contributed by atoms with Crippen molar-refractivity contribution < 1.29 is 19.1 Å². The minimum Gasteiger partial charge on any atom is -0.460 e. The van der Waals surface area contributed by atoms with Crippen LogP contribution in [0, 0.1) is 34.6 Å². The topological polar surface area (TPSA) is 71.1 Å². The van der Waals surface area contributed by atoms with E-state index in [1.807, 2.05) is 0 Å². The van der Waals surface area contributed by atoms with Gasteiger partial charge in [-0.2, -0.15) is 0 Å². The van der Waals surface area contributed by atoms with Gasteiger partial charge < -0.3 is 24.6 Å². The SMILES string of the molecule is C=C(C)C(=O)OCCN(c1ccc(C(c2ccc(N(CCOC(=O)C(=C)C)c3c(CC)cc(C)cc3CC)cc2)c2ccc(Nc3c(C)cc(C)cc3C)c3ccccc23)cc1)c1c(CC)cc(C)cc1CC. The van der Waals surface area contributed by atoms with Crippen LogP contribution in [0.1, 0.15) is 114 Å². The molecule has 0 fully saturated rings. The maximum absolute atomic E-state index is 12.7. The molecule has 0 unspecified atom stereocenters. The zero-order valence-corrected chi connectivity index (χ0v) is 45.2. The van der Waals surface area contributed by atoms with E-state index in [-0.39, 0.29) is 31.1 Å². The molecule has 0 atom stereocenters. The lowest BCUT2D eigenvalue weighted by molar-refractivity contribution is -0.139. The van der Waals surface area contributed by atoms with Crippen molar-refractivity contribution >= 4 is 56.8 Å². The Bertz CT molecular complexity index is 2930. The number of aryl methyl sites for hydroxylation is 9. The number of benzene rings is 7. The second kappa shape index (κ2) is 23.9. The smallest absolute Gasteiger partial charge is 0.333 e. The molecule has 0 aliphatic heterocycles. The summed E-state index contributed by atoms with van der Waals surface area (Å²) in [6.45, 7) is 32.0. The summed E-state index contributed by atoms with van der Waals surface area (Å²) in [6.07, 6.45) is 3.46. The van der Waals surface area contributed by atoms with E-state index in [0.29, 0.717) is 24.2 Å². The molecule has 0 heterocycles. The van der Waals surface area contributed by atoms with E-state index < -0.39 is 0 Å². The van der Waals surface area contributed by atoms with Crippen LogP contribution in [0.25, 0.3) is 10.8 Å². The van der Waals surface area contributed by atoms with Gasteiger partial charge in [-0.3, -0.25) is 0 Å². The molecule has 0 aromatic heterocycles. The first-order valence-electron chi connectivity index (χ1n) is 26.1. The van der Waals surface area contributed by atoms with Gasteiger partial charge in [-0.1, -0.05) is 149 Å². The number of esters is 2. The zero-order valence-electron chi connectivity index (χ0n) is 45.2. The standard InChI is InChI=1S/C66H75N3O4/c1-14-49-38-45(10)39-50(15-2)63(49)68(32-34-72-65(70)42(5)6)55-26-22-53(23-27-55)61(59-30-31-60(58-21-19-18-20-57(58)59)67-62-47(12)36-44(9)37-48(62)13)54-24-28-56(29-25-54)69(33-35-73-66(71)43(7)8)64-51(16-3)40-46(11)41-52(64)17-4/h18-31,36-41,61,67H,5,7,14-17,32-35H2,1-4,6,8-13H3. The molecule has 0 bridgehead atoms. The summed E-state index contributed by atoms with van der Waals surface area (Å²) in [5.74, 6) is -0.933. The number of nitrogens with zero attached hydrogens (tertiary/aromatic N) is 2. The van der Waals surface area contributed by atoms with Crippen LogP contribution >= 0.6 is 0 Å². The Balaban J connectivity index is 1.39. The van der Waals surface area contributed by atoms with Gasteiger partial charge in [-0.25, -0.2) is 9.59 Å². The minimum atomic E-state index is -0.387. The summed E-state index contributed by atoms with van der Waals surface area (Å²) in [5, 5.41) is 6.15. The van der Waals surface area contributed by atoms with Crippen molar-refractivity contribution in [1.29, 1.82) is 0 Å². The predicted molar refractivity (Wildman–Crippen MR) is 307 cm³/mol. The fourth-order valence-corrected chi connectivity index (χ4v) is 10.5. The number of anilines is 6. The van der Waals surface area contributed by atoms with E-state index in [4.69, 9.17) is 9.47 Å². The lowest BCUT2D eigenvalue weighted by Crippen LogP contribution is -2.26. The van der Waals surface area contributed by atoms with E-state index in [1.54, 1.807) is 13.8 Å². The third-order valence-corrected chi connectivity index (χ3v) is 14.0. The van der Waals surface area contributed by atoms with Crippen LogP contribution in [0.5, 0.6) is 0 Å². The van der Waals surface area contributed by atoms with Crippen molar-refractivity contribution in [3.8, 4) is 0 Å². The van der Waals surface area contributed by atoms with Gasteiger partial charge in [0, 0.05) is 56.6 Å². The maximum atomic E-state index is 12.7. The fourth-order valence-electron chi connectivity index (χ4n) is 10.5. The Labute approximate surface area is 435 Å². The summed E-state index contributed by atoms with van der Waals surface area (Å²) in [5.41, 5.74) is 21.9. The van der Waals surface area contributed by atoms with Gasteiger partial charge in [0.2, 0.25) is 0 Å². The molecule has 1 N–H and O–H groups in total. The Hall–Kier alpha value is -7.38. The summed E-state index contributed by atoms with van der Waals surface area (Å²) in [4.78, 5) is 29.9. The highest BCUT2D eigenvalue weighted by molar-refractivity contribution is 5.99. The quantitative estimate of drug-likeness (QED) is 0.0437. The molecule has 7 rings (SSSR count). The van der Waals surface area contributed by atoms with Crippen LogP contribution in [-0.2, 0) is 44.7 Å². The van der Waals surface area contributed by atoms with Crippen LogP contribution < -0.4 is 15.1 Å². The van der Waals surface area contributed by atoms with Crippen molar-refractivity contribution in [2.24, 2.45) is 0 Å². The lowest BCUT2D eigenvalue weighted by Gasteiger charge is -2.31. The molecule has 7 nitrogen and oxygen atoms in total. The average molecular weight is 974 g/mol. The first kappa shape index (κ1) is 53.4. The van der Waals surface area contributed by atoms with Gasteiger partial charge in [-0.15, -0.1) is 0 Å². The predicted octanol–water partition coefficient (Wildman–Crippen LogP) is 16.1. The summed E-state index contributed by atoms with van der Waals surface area (Å²) >= 11 is 0. The number of carbonyl (C=O) groups excluding carboxylic acids is 2. The maximum Gasteiger partial charge on any atom is 0.333 e. The average Bonchev–Trinajstić information content (AvgIpc) is 3.38. The second-order valence-electron chi connectivity index (χ2n) is 19.7. The van der Waals surface area contributed by atoms with Crippen LogP contribution in [-0.4, -0.2) is 38.2 Å². The van der Waals surface area contributed by atoms with E-state index in [0.717, 1.165) is 70.3 Å². The molecular formula is C66H75N3O4. The van der Waals surface area contributed by atoms with E-state index in [1.165, 1.54) is 67.0 Å². The summed E-state index contributed by atoms with van der Waals surface area (Å²) in [7, 11) is 0. The number of hydrogen-bond acceptors (Lipinski definition) is 7. The van der Waals surface area contributed by atoms with Gasteiger partial charge in [0.05, 0.1) is 13.1 Å². The second-order valence-corrected chi connectivity index (χ2v) is 19.7. The number of nitrogens with one attached hydrogen (secondary N) is 1. The van der Waals surface area contributed by atoms with Crippen molar-refractivity contribution in [3.63, 3.8) is 0 Å². The molecule has 0 aliphatic carbocycles. The number of fused-ring (bicyclic) bond motifs is 1. The normalized spacial score (nSPS) is 11.2. The zero-order chi connectivity index (χ0) is 52.5. The third-order valence-electron chi connectivity index (χ3n) is 14.0. The van der Waals surface area contributed by atoms with Crippen molar-refractivity contribution in [2.75, 3.05) is 41.4 Å². The number of hydrogen-bond donors (Lipinski definition) is 1. The highest BCUT2D eigenvalue weighted by Crippen LogP contribution is 2.43. The molecule has 7 aromatic carbocycles. The first-order chi connectivity index (χ1) is 35.1. The van der Waals surface area contributed by atoms with Gasteiger partial charge in [-0.05, 0) is 160 Å². The van der Waals surface area contributed by atoms with E-state index in [9.17, 15) is 9.59 Å². The van der Waals surface area contributed by atoms with Crippen LogP contribution in [0.4, 0.5) is 34.1 Å². The molecule has 0 saturated carbocycles. The molecule has 73 heavy (non-hydrogen) atoms. The number of carbonyl (C=O) groups is 2. The minimum absolute atomic E-state index is 0.159. The van der Waals surface area contributed by atoms with Gasteiger partial charge in [0.25, 0.3) is 0 Å².